The van der Waals surface area contributed by atoms with E-state index in [0.717, 1.165) is 17.5 Å². The minimum atomic E-state index is -0.408. The highest BCUT2D eigenvalue weighted by Gasteiger charge is 2.29. The van der Waals surface area contributed by atoms with Crippen molar-refractivity contribution >= 4 is 23.4 Å². The van der Waals surface area contributed by atoms with Crippen molar-refractivity contribution in [3.05, 3.63) is 34.3 Å². The van der Waals surface area contributed by atoms with Crippen LogP contribution >= 0.6 is 11.6 Å². The summed E-state index contributed by atoms with van der Waals surface area (Å²) in [6.07, 6.45) is 1.87. The fraction of sp³-hybridized carbons (Fsp3) is 0.500. The third-order valence-corrected chi connectivity index (χ3v) is 4.05. The summed E-state index contributed by atoms with van der Waals surface area (Å²) >= 11 is 6.24. The van der Waals surface area contributed by atoms with Crippen LogP contribution in [-0.2, 0) is 16.1 Å². The summed E-state index contributed by atoms with van der Waals surface area (Å²) in [4.78, 5) is 26.0. The van der Waals surface area contributed by atoms with Crippen LogP contribution in [0.25, 0.3) is 0 Å². The highest BCUT2D eigenvalue weighted by atomic mass is 35.5. The molecule has 1 aliphatic heterocycles. The Labute approximate surface area is 130 Å². The molecule has 1 aromatic rings. The Balaban J connectivity index is 2.16. The molecule has 0 saturated carbocycles. The minimum absolute atomic E-state index is 0.0145. The lowest BCUT2D eigenvalue weighted by Gasteiger charge is -2.24. The van der Waals surface area contributed by atoms with Gasteiger partial charge >= 0.3 is 0 Å². The largest absolute Gasteiger partial charge is 0.344 e. The third-order valence-electron chi connectivity index (χ3n) is 3.70. The normalized spacial score (nSPS) is 19.4. The molecule has 1 unspecified atom stereocenters. The Kier molecular flexibility index (Phi) is 5.23. The average molecular weight is 309 g/mol. The Morgan fingerprint density at radius 3 is 2.81 bits per heavy atom. The van der Waals surface area contributed by atoms with Crippen molar-refractivity contribution in [2.24, 2.45) is 0 Å². The molecule has 1 aliphatic rings. The second kappa shape index (κ2) is 6.94. The first kappa shape index (κ1) is 15.8. The van der Waals surface area contributed by atoms with Gasteiger partial charge in [-0.05, 0) is 30.5 Å². The van der Waals surface area contributed by atoms with Gasteiger partial charge in [-0.3, -0.25) is 9.59 Å². The van der Waals surface area contributed by atoms with Crippen molar-refractivity contribution in [2.75, 3.05) is 6.54 Å². The molecule has 114 valence electrons. The number of carbonyl (C=O) groups is 2. The van der Waals surface area contributed by atoms with Crippen LogP contribution in [0.2, 0.25) is 5.02 Å². The smallest absolute Gasteiger partial charge is 0.245 e. The number of hydrogen-bond donors (Lipinski definition) is 1. The zero-order valence-corrected chi connectivity index (χ0v) is 13.2. The molecule has 2 rings (SSSR count). The van der Waals surface area contributed by atoms with Gasteiger partial charge in [0.05, 0.1) is 0 Å². The molecule has 5 heteroatoms. The summed E-state index contributed by atoms with van der Waals surface area (Å²) in [6.45, 7) is 4.88. The number of carbonyl (C=O) groups excluding carboxylic acids is 2. The van der Waals surface area contributed by atoms with Gasteiger partial charge in [0.2, 0.25) is 11.8 Å². The van der Waals surface area contributed by atoms with Gasteiger partial charge in [-0.25, -0.2) is 0 Å². The van der Waals surface area contributed by atoms with Crippen LogP contribution < -0.4 is 5.32 Å². The third kappa shape index (κ3) is 3.97. The number of benzene rings is 1. The van der Waals surface area contributed by atoms with E-state index in [1.807, 2.05) is 32.0 Å². The maximum absolute atomic E-state index is 12.5. The molecule has 1 saturated heterocycles. The minimum Gasteiger partial charge on any atom is -0.344 e. The summed E-state index contributed by atoms with van der Waals surface area (Å²) in [7, 11) is 0. The van der Waals surface area contributed by atoms with Crippen molar-refractivity contribution in [1.82, 2.24) is 10.2 Å². The molecule has 0 radical (unpaired) electrons. The standard InChI is InChI=1S/C16H21ClN2O2/c1-3-4-14-16(21)19(8-7-15(20)18-14)10-12-6-5-11(2)9-13(12)17/h5-6,9,14H,3-4,7-8,10H2,1-2H3,(H,18,20). The van der Waals surface area contributed by atoms with Crippen LogP contribution in [0.3, 0.4) is 0 Å². The molecule has 2 amide bonds. The van der Waals surface area contributed by atoms with E-state index in [4.69, 9.17) is 11.6 Å². The van der Waals surface area contributed by atoms with Gasteiger partial charge in [0, 0.05) is 24.5 Å². The lowest BCUT2D eigenvalue weighted by Crippen LogP contribution is -2.44. The van der Waals surface area contributed by atoms with Crippen LogP contribution in [-0.4, -0.2) is 29.3 Å². The molecule has 1 N–H and O–H groups in total. The molecule has 1 heterocycles. The number of nitrogens with zero attached hydrogens (tertiary/aromatic N) is 1. The Hall–Kier alpha value is -1.55. The molecular formula is C16H21ClN2O2. The fourth-order valence-corrected chi connectivity index (χ4v) is 2.82. The summed E-state index contributed by atoms with van der Waals surface area (Å²) in [5.41, 5.74) is 2.01. The Morgan fingerprint density at radius 2 is 2.14 bits per heavy atom. The fourth-order valence-electron chi connectivity index (χ4n) is 2.52. The zero-order chi connectivity index (χ0) is 15.4. The van der Waals surface area contributed by atoms with Crippen molar-refractivity contribution < 1.29 is 9.59 Å². The van der Waals surface area contributed by atoms with E-state index in [0.29, 0.717) is 31.0 Å². The van der Waals surface area contributed by atoms with E-state index >= 15 is 0 Å². The van der Waals surface area contributed by atoms with Crippen LogP contribution in [0, 0.1) is 6.92 Å². The maximum atomic E-state index is 12.5. The van der Waals surface area contributed by atoms with Crippen molar-refractivity contribution in [2.45, 2.75) is 45.7 Å². The predicted molar refractivity (Wildman–Crippen MR) is 83.1 cm³/mol. The van der Waals surface area contributed by atoms with E-state index in [-0.39, 0.29) is 11.8 Å². The average Bonchev–Trinajstić information content (AvgIpc) is 2.56. The number of rotatable bonds is 4. The summed E-state index contributed by atoms with van der Waals surface area (Å²) in [6, 6.07) is 5.41. The van der Waals surface area contributed by atoms with Gasteiger partial charge in [-0.2, -0.15) is 0 Å². The van der Waals surface area contributed by atoms with Crippen LogP contribution in [0.5, 0.6) is 0 Å². The van der Waals surface area contributed by atoms with Crippen molar-refractivity contribution in [3.8, 4) is 0 Å². The van der Waals surface area contributed by atoms with E-state index < -0.39 is 6.04 Å². The predicted octanol–water partition coefficient (Wildman–Crippen LogP) is 2.67. The SMILES string of the molecule is CCCC1NC(=O)CCN(Cc2ccc(C)cc2Cl)C1=O. The molecule has 0 bridgehead atoms. The number of aryl methyl sites for hydroxylation is 1. The van der Waals surface area contributed by atoms with Gasteiger partial charge < -0.3 is 10.2 Å². The number of amides is 2. The molecule has 1 atom stereocenters. The highest BCUT2D eigenvalue weighted by molar-refractivity contribution is 6.31. The van der Waals surface area contributed by atoms with Crippen molar-refractivity contribution in [1.29, 1.82) is 0 Å². The summed E-state index contributed by atoms with van der Waals surface area (Å²) in [5, 5.41) is 3.47. The van der Waals surface area contributed by atoms with Gasteiger partial charge in [-0.15, -0.1) is 0 Å². The number of nitrogens with one attached hydrogen (secondary N) is 1. The molecule has 0 spiro atoms. The molecular weight excluding hydrogens is 288 g/mol. The second-order valence-corrected chi connectivity index (χ2v) is 5.92. The molecule has 21 heavy (non-hydrogen) atoms. The van der Waals surface area contributed by atoms with Gasteiger partial charge in [0.15, 0.2) is 0 Å². The molecule has 1 aromatic carbocycles. The summed E-state index contributed by atoms with van der Waals surface area (Å²) < 4.78 is 0. The quantitative estimate of drug-likeness (QED) is 0.929. The molecule has 0 aliphatic carbocycles. The Bertz CT molecular complexity index is 545. The van der Waals surface area contributed by atoms with E-state index in [1.54, 1.807) is 4.90 Å². The van der Waals surface area contributed by atoms with Crippen LogP contribution in [0.15, 0.2) is 18.2 Å². The van der Waals surface area contributed by atoms with Crippen LogP contribution in [0.1, 0.15) is 37.3 Å². The molecule has 4 nitrogen and oxygen atoms in total. The number of halogens is 1. The Morgan fingerprint density at radius 1 is 1.38 bits per heavy atom. The van der Waals surface area contributed by atoms with Gasteiger partial charge in [-0.1, -0.05) is 37.1 Å². The monoisotopic (exact) mass is 308 g/mol. The van der Waals surface area contributed by atoms with E-state index in [2.05, 4.69) is 5.32 Å². The van der Waals surface area contributed by atoms with Crippen molar-refractivity contribution in [3.63, 3.8) is 0 Å². The lowest BCUT2D eigenvalue weighted by molar-refractivity contribution is -0.134. The molecule has 1 fully saturated rings. The van der Waals surface area contributed by atoms with Gasteiger partial charge in [0.25, 0.3) is 0 Å². The first-order chi connectivity index (χ1) is 10.0. The molecule has 0 aromatic heterocycles. The summed E-state index contributed by atoms with van der Waals surface area (Å²) in [5.74, 6) is -0.0707. The highest BCUT2D eigenvalue weighted by Crippen LogP contribution is 2.21. The van der Waals surface area contributed by atoms with E-state index in [9.17, 15) is 9.59 Å². The second-order valence-electron chi connectivity index (χ2n) is 5.51. The first-order valence-corrected chi connectivity index (χ1v) is 7.72. The topological polar surface area (TPSA) is 49.4 Å². The maximum Gasteiger partial charge on any atom is 0.245 e. The van der Waals surface area contributed by atoms with E-state index in [1.165, 1.54) is 0 Å². The van der Waals surface area contributed by atoms with Crippen LogP contribution in [0.4, 0.5) is 0 Å². The number of hydrogen-bond acceptors (Lipinski definition) is 2. The van der Waals surface area contributed by atoms with Gasteiger partial charge in [0.1, 0.15) is 6.04 Å². The first-order valence-electron chi connectivity index (χ1n) is 7.34. The zero-order valence-electron chi connectivity index (χ0n) is 12.5. The lowest BCUT2D eigenvalue weighted by atomic mass is 10.1.